The zero-order valence-corrected chi connectivity index (χ0v) is 17.9. The molecule has 6 nitrogen and oxygen atoms in total. The molecule has 31 heavy (non-hydrogen) atoms. The highest BCUT2D eigenvalue weighted by Crippen LogP contribution is 2.40. The molecule has 0 aromatic heterocycles. The molecule has 0 N–H and O–H groups in total. The predicted molar refractivity (Wildman–Crippen MR) is 107 cm³/mol. The molecule has 1 aromatic rings. The topological polar surface area (TPSA) is 66.9 Å². The largest absolute Gasteiger partial charge is 0.444 e. The van der Waals surface area contributed by atoms with E-state index in [0.717, 1.165) is 25.0 Å². The molecule has 0 saturated carbocycles. The molecule has 2 amide bonds. The molecule has 0 aliphatic carbocycles. The van der Waals surface area contributed by atoms with Gasteiger partial charge in [0, 0.05) is 30.7 Å². The van der Waals surface area contributed by atoms with Gasteiger partial charge in [-0.1, -0.05) is 0 Å². The Balaban J connectivity index is 1.78. The van der Waals surface area contributed by atoms with Crippen molar-refractivity contribution in [3.8, 4) is 0 Å². The Morgan fingerprint density at radius 2 is 1.71 bits per heavy atom. The number of aldehydes is 1. The minimum atomic E-state index is -4.59. The lowest BCUT2D eigenvalue weighted by Crippen LogP contribution is -2.55. The lowest BCUT2D eigenvalue weighted by atomic mass is 9.84. The summed E-state index contributed by atoms with van der Waals surface area (Å²) < 4.78 is 44.3. The van der Waals surface area contributed by atoms with Crippen molar-refractivity contribution in [2.75, 3.05) is 19.6 Å². The smallest absolute Gasteiger partial charge is 0.416 e. The van der Waals surface area contributed by atoms with E-state index in [-0.39, 0.29) is 17.4 Å². The number of likely N-dealkylation sites (tertiary alicyclic amines) is 2. The van der Waals surface area contributed by atoms with Gasteiger partial charge >= 0.3 is 12.3 Å². The van der Waals surface area contributed by atoms with E-state index in [1.54, 1.807) is 30.6 Å². The highest BCUT2D eigenvalue weighted by molar-refractivity contribution is 6.02. The van der Waals surface area contributed by atoms with Crippen molar-refractivity contribution in [1.29, 1.82) is 0 Å². The van der Waals surface area contributed by atoms with E-state index in [1.807, 2.05) is 0 Å². The van der Waals surface area contributed by atoms with Gasteiger partial charge in [0.05, 0.1) is 11.1 Å². The number of rotatable bonds is 2. The van der Waals surface area contributed by atoms with Crippen molar-refractivity contribution < 1.29 is 32.3 Å². The molecule has 0 bridgehead atoms. The molecule has 2 aliphatic rings. The van der Waals surface area contributed by atoms with E-state index in [9.17, 15) is 27.6 Å². The standard InChI is InChI=1S/C22H27F3N2O4/c1-20(2,3)31-19(30)26-11-8-21(9-12-26)7-4-10-27(21)18(29)17-6-5-16(22(23,24)25)13-15(17)14-28/h5-6,13-14H,4,7-12H2,1-3H3. The summed E-state index contributed by atoms with van der Waals surface area (Å²) >= 11 is 0. The van der Waals surface area contributed by atoms with Crippen molar-refractivity contribution in [3.63, 3.8) is 0 Å². The van der Waals surface area contributed by atoms with Gasteiger partial charge in [0.25, 0.3) is 5.91 Å². The van der Waals surface area contributed by atoms with E-state index in [0.29, 0.717) is 38.5 Å². The minimum Gasteiger partial charge on any atom is -0.444 e. The van der Waals surface area contributed by atoms with Crippen LogP contribution in [0.15, 0.2) is 18.2 Å². The number of carbonyl (C=O) groups is 3. The zero-order valence-electron chi connectivity index (χ0n) is 17.9. The third kappa shape index (κ3) is 4.85. The Morgan fingerprint density at radius 1 is 1.06 bits per heavy atom. The lowest BCUT2D eigenvalue weighted by molar-refractivity contribution is -0.137. The summed E-state index contributed by atoms with van der Waals surface area (Å²) in [5.41, 5.74) is -2.34. The quantitative estimate of drug-likeness (QED) is 0.634. The molecule has 170 valence electrons. The van der Waals surface area contributed by atoms with Gasteiger partial charge in [-0.2, -0.15) is 13.2 Å². The van der Waals surface area contributed by atoms with Gasteiger partial charge in [0.2, 0.25) is 0 Å². The minimum absolute atomic E-state index is 0.0288. The summed E-state index contributed by atoms with van der Waals surface area (Å²) in [7, 11) is 0. The fourth-order valence-electron chi connectivity index (χ4n) is 4.38. The van der Waals surface area contributed by atoms with Crippen LogP contribution in [0.2, 0.25) is 0 Å². The third-order valence-electron chi connectivity index (χ3n) is 5.92. The van der Waals surface area contributed by atoms with Gasteiger partial charge in [-0.25, -0.2) is 4.79 Å². The van der Waals surface area contributed by atoms with Crippen LogP contribution in [-0.2, 0) is 10.9 Å². The van der Waals surface area contributed by atoms with Crippen molar-refractivity contribution in [2.45, 2.75) is 63.8 Å². The SMILES string of the molecule is CC(C)(C)OC(=O)N1CCC2(CCCN2C(=O)c2ccc(C(F)(F)F)cc2C=O)CC1. The Bertz CT molecular complexity index is 868. The van der Waals surface area contributed by atoms with E-state index < -0.39 is 34.9 Å². The molecular weight excluding hydrogens is 413 g/mol. The Hall–Kier alpha value is -2.58. The Morgan fingerprint density at radius 3 is 2.26 bits per heavy atom. The molecule has 0 unspecified atom stereocenters. The first-order valence-corrected chi connectivity index (χ1v) is 10.3. The van der Waals surface area contributed by atoms with Gasteiger partial charge in [0.1, 0.15) is 5.60 Å². The normalized spacial score (nSPS) is 18.9. The van der Waals surface area contributed by atoms with E-state index in [1.165, 1.54) is 0 Å². The number of benzene rings is 1. The van der Waals surface area contributed by atoms with E-state index in [4.69, 9.17) is 4.74 Å². The highest BCUT2D eigenvalue weighted by atomic mass is 19.4. The first-order valence-electron chi connectivity index (χ1n) is 10.3. The number of alkyl halides is 3. The summed E-state index contributed by atoms with van der Waals surface area (Å²) in [5.74, 6) is -0.445. The third-order valence-corrected chi connectivity index (χ3v) is 5.92. The second-order valence-corrected chi connectivity index (χ2v) is 9.17. The molecule has 3 rings (SSSR count). The number of ether oxygens (including phenoxy) is 1. The summed E-state index contributed by atoms with van der Waals surface area (Å²) in [5, 5.41) is 0. The summed E-state index contributed by atoms with van der Waals surface area (Å²) in [6.45, 7) is 6.69. The maximum absolute atomic E-state index is 13.2. The van der Waals surface area contributed by atoms with E-state index in [2.05, 4.69) is 0 Å². The number of nitrogens with zero attached hydrogens (tertiary/aromatic N) is 2. The lowest BCUT2D eigenvalue weighted by Gasteiger charge is -2.45. The monoisotopic (exact) mass is 440 g/mol. The zero-order chi connectivity index (χ0) is 23.0. The molecule has 2 heterocycles. The molecule has 0 radical (unpaired) electrons. The fourth-order valence-corrected chi connectivity index (χ4v) is 4.38. The molecular formula is C22H27F3N2O4. The van der Waals surface area contributed by atoms with Crippen LogP contribution in [0, 0.1) is 0 Å². The van der Waals surface area contributed by atoms with Gasteiger partial charge in [-0.05, 0) is 64.7 Å². The first kappa shape index (κ1) is 23.1. The van der Waals surface area contributed by atoms with E-state index >= 15 is 0 Å². The van der Waals surface area contributed by atoms with Crippen LogP contribution in [0.3, 0.4) is 0 Å². The molecule has 0 atom stereocenters. The molecule has 2 saturated heterocycles. The molecule has 1 spiro atoms. The number of piperidine rings is 1. The average Bonchev–Trinajstić information content (AvgIpc) is 3.08. The van der Waals surface area contributed by atoms with Crippen molar-refractivity contribution in [2.24, 2.45) is 0 Å². The van der Waals surface area contributed by atoms with Crippen LogP contribution in [0.25, 0.3) is 0 Å². The predicted octanol–water partition coefficient (Wildman–Crippen LogP) is 4.52. The second-order valence-electron chi connectivity index (χ2n) is 9.17. The molecule has 1 aromatic carbocycles. The molecule has 2 aliphatic heterocycles. The van der Waals surface area contributed by atoms with Crippen LogP contribution in [0.1, 0.15) is 72.7 Å². The van der Waals surface area contributed by atoms with Crippen molar-refractivity contribution in [1.82, 2.24) is 9.80 Å². The first-order chi connectivity index (χ1) is 14.4. The van der Waals surface area contributed by atoms with Gasteiger partial charge in [-0.15, -0.1) is 0 Å². The maximum atomic E-state index is 13.2. The number of hydrogen-bond acceptors (Lipinski definition) is 4. The average molecular weight is 440 g/mol. The van der Waals surface area contributed by atoms with Crippen molar-refractivity contribution >= 4 is 18.3 Å². The second kappa shape index (κ2) is 8.16. The number of carbonyl (C=O) groups excluding carboxylic acids is 3. The van der Waals surface area contributed by atoms with Gasteiger partial charge < -0.3 is 14.5 Å². The van der Waals surface area contributed by atoms with Crippen LogP contribution in [0.4, 0.5) is 18.0 Å². The van der Waals surface area contributed by atoms with Crippen LogP contribution < -0.4 is 0 Å². The van der Waals surface area contributed by atoms with Crippen LogP contribution >= 0.6 is 0 Å². The molecule has 2 fully saturated rings. The fraction of sp³-hybridized carbons (Fsp3) is 0.591. The van der Waals surface area contributed by atoms with Crippen molar-refractivity contribution in [3.05, 3.63) is 34.9 Å². The highest BCUT2D eigenvalue weighted by Gasteiger charge is 2.47. The van der Waals surface area contributed by atoms with Gasteiger partial charge in [0.15, 0.2) is 6.29 Å². The number of halogens is 3. The Labute approximate surface area is 179 Å². The number of hydrogen-bond donors (Lipinski definition) is 0. The summed E-state index contributed by atoms with van der Waals surface area (Å²) in [6.07, 6.45) is -2.10. The number of amides is 2. The molecule has 9 heteroatoms. The summed E-state index contributed by atoms with van der Waals surface area (Å²) in [6, 6.07) is 2.62. The van der Waals surface area contributed by atoms with Crippen LogP contribution in [-0.4, -0.2) is 58.9 Å². The van der Waals surface area contributed by atoms with Crippen LogP contribution in [0.5, 0.6) is 0 Å². The summed E-state index contributed by atoms with van der Waals surface area (Å²) in [4.78, 5) is 40.3. The maximum Gasteiger partial charge on any atom is 0.416 e. The van der Waals surface area contributed by atoms with Gasteiger partial charge in [-0.3, -0.25) is 9.59 Å². The Kier molecular flexibility index (Phi) is 6.08.